The first-order chi connectivity index (χ1) is 42.1. The highest BCUT2D eigenvalue weighted by Crippen LogP contribution is 2.66. The summed E-state index contributed by atoms with van der Waals surface area (Å²) in [4.78, 5) is 28.9. The summed E-state index contributed by atoms with van der Waals surface area (Å²) in [5, 5.41) is 59.3. The van der Waals surface area contributed by atoms with Crippen LogP contribution in [0.3, 0.4) is 0 Å². The molecule has 6 fully saturated rings. The number of allylic oxidation sites excluding steroid dienone is 6. The van der Waals surface area contributed by atoms with Crippen LogP contribution in [0.4, 0.5) is 0 Å². The first-order valence-corrected chi connectivity index (χ1v) is 33.6. The Morgan fingerprint density at radius 1 is 0.512 bits per heavy atom. The van der Waals surface area contributed by atoms with Crippen molar-refractivity contribution in [2.75, 3.05) is 65.5 Å². The van der Waals surface area contributed by atoms with E-state index in [9.17, 15) is 20.4 Å². The van der Waals surface area contributed by atoms with Crippen molar-refractivity contribution in [1.82, 2.24) is 39.5 Å². The average Bonchev–Trinajstić information content (AvgIpc) is 1.41. The monoisotopic (exact) mass is 1160 g/mol. The number of ether oxygens (including phenoxy) is 2. The van der Waals surface area contributed by atoms with Gasteiger partial charge in [0.2, 0.25) is 0 Å². The number of H-pyrrole nitrogens is 2. The number of nitrogens with zero attached hydrogens (tertiary/aromatic N) is 6. The molecule has 0 radical (unpaired) electrons. The number of benzene rings is 2. The van der Waals surface area contributed by atoms with E-state index in [1.165, 1.54) is 10.8 Å². The molecule has 14 nitrogen and oxygen atoms in total. The summed E-state index contributed by atoms with van der Waals surface area (Å²) in [6, 6.07) is 20.7. The predicted molar refractivity (Wildman–Crippen MR) is 339 cm³/mol. The van der Waals surface area contributed by atoms with E-state index in [0.717, 1.165) is 172 Å². The number of rotatable bonds is 2. The minimum Gasteiger partial charge on any atom is -0.390 e. The van der Waals surface area contributed by atoms with Crippen molar-refractivity contribution in [3.63, 3.8) is 0 Å². The molecule has 14 heteroatoms. The average molecular weight is 1160 g/mol. The van der Waals surface area contributed by atoms with Gasteiger partial charge in [-0.1, -0.05) is 60.7 Å². The van der Waals surface area contributed by atoms with Gasteiger partial charge in [0.15, 0.2) is 0 Å². The fourth-order valence-electron chi connectivity index (χ4n) is 20.1. The van der Waals surface area contributed by atoms with Gasteiger partial charge >= 0.3 is 0 Å². The summed E-state index contributed by atoms with van der Waals surface area (Å²) in [7, 11) is 0. The summed E-state index contributed by atoms with van der Waals surface area (Å²) in [6.07, 6.45) is 30.2. The van der Waals surface area contributed by atoms with E-state index in [1.807, 2.05) is 12.4 Å². The van der Waals surface area contributed by atoms with E-state index in [-0.39, 0.29) is 23.9 Å². The normalized spacial score (nSPS) is 40.7. The van der Waals surface area contributed by atoms with Crippen molar-refractivity contribution in [3.05, 3.63) is 121 Å². The van der Waals surface area contributed by atoms with Crippen molar-refractivity contribution < 1.29 is 29.9 Å². The maximum atomic E-state index is 14.4. The molecule has 0 amide bonds. The molecule has 12 heterocycles. The maximum Gasteiger partial charge on any atom is 0.123 e. The molecule has 6 saturated heterocycles. The van der Waals surface area contributed by atoms with Gasteiger partial charge < -0.3 is 49.7 Å². The molecule has 454 valence electrons. The number of para-hydroxylation sites is 2. The third-order valence-electron chi connectivity index (χ3n) is 23.6. The van der Waals surface area contributed by atoms with Crippen LogP contribution in [0.2, 0.25) is 0 Å². The Morgan fingerprint density at radius 2 is 1.09 bits per heavy atom. The lowest BCUT2D eigenvalue weighted by Gasteiger charge is -2.62. The van der Waals surface area contributed by atoms with Crippen molar-refractivity contribution in [3.8, 4) is 0 Å². The lowest BCUT2D eigenvalue weighted by atomic mass is 9.54. The van der Waals surface area contributed by atoms with E-state index >= 15 is 0 Å². The Bertz CT molecular complexity index is 3650. The lowest BCUT2D eigenvalue weighted by Crippen LogP contribution is -2.71. The number of aliphatic hydroxyl groups excluding tert-OH is 2. The minimum atomic E-state index is -1.29. The second-order valence-electron chi connectivity index (χ2n) is 28.5. The number of nitrogens with one attached hydrogen (secondary N) is 2. The molecular formula is C72H90N8O6. The largest absolute Gasteiger partial charge is 0.390 e. The number of aromatic amines is 2. The first-order valence-electron chi connectivity index (χ1n) is 33.6. The number of piperidine rings is 2. The summed E-state index contributed by atoms with van der Waals surface area (Å²) >= 11 is 0. The van der Waals surface area contributed by atoms with Crippen LogP contribution in [0.1, 0.15) is 133 Å². The SMILES string of the molecule is OC1CCCN2CCC1O[C@@]13CC[C@@H](OC[C@]45CN6CCCC/C=C\CC[C@](O)(C=C(c7nccc8c7[nH]c7ccccc78)[C@@H]4CC6)C25)[C@@H](O)CCN1C1[C@]2(CN4CCCC/C=C/CC[C@]1(O)C=C(c1nccc5c1[nH]c1ccccc15)[C@@H]2CC4)C3. The third kappa shape index (κ3) is 9.22. The number of hydrogen-bond donors (Lipinski definition) is 6. The molecular weight excluding hydrogens is 1070 g/mol. The van der Waals surface area contributed by atoms with Gasteiger partial charge in [-0.2, -0.15) is 0 Å². The molecule has 16 rings (SSSR count). The number of aromatic nitrogens is 4. The van der Waals surface area contributed by atoms with Gasteiger partial charge in [0.1, 0.15) is 5.72 Å². The highest BCUT2D eigenvalue weighted by Gasteiger charge is 2.72. The zero-order valence-electron chi connectivity index (χ0n) is 50.3. The number of pyridine rings is 2. The summed E-state index contributed by atoms with van der Waals surface area (Å²) in [6.45, 7) is 7.67. The predicted octanol–water partition coefficient (Wildman–Crippen LogP) is 10.7. The van der Waals surface area contributed by atoms with Crippen molar-refractivity contribution in [2.45, 2.75) is 175 Å². The van der Waals surface area contributed by atoms with Crippen molar-refractivity contribution >= 4 is 54.8 Å². The van der Waals surface area contributed by atoms with E-state index in [4.69, 9.17) is 19.4 Å². The zero-order chi connectivity index (χ0) is 57.8. The van der Waals surface area contributed by atoms with Gasteiger partial charge in [-0.25, -0.2) is 0 Å². The Morgan fingerprint density at radius 3 is 1.74 bits per heavy atom. The molecule has 86 heavy (non-hydrogen) atoms. The van der Waals surface area contributed by atoms with Gasteiger partial charge in [-0.3, -0.25) is 19.8 Å². The summed E-state index contributed by atoms with van der Waals surface area (Å²) in [5.74, 6) is 0.0323. The topological polar surface area (TPSA) is 170 Å². The van der Waals surface area contributed by atoms with E-state index in [2.05, 4.69) is 127 Å². The van der Waals surface area contributed by atoms with Crippen LogP contribution < -0.4 is 0 Å². The van der Waals surface area contributed by atoms with Crippen LogP contribution in [-0.2, 0) is 9.47 Å². The van der Waals surface area contributed by atoms with E-state index in [1.54, 1.807) is 0 Å². The smallest absolute Gasteiger partial charge is 0.123 e. The molecule has 6 aromatic rings. The number of fused-ring (bicyclic) bond motifs is 13. The highest BCUT2D eigenvalue weighted by molar-refractivity contribution is 6.11. The summed E-state index contributed by atoms with van der Waals surface area (Å²) < 4.78 is 15.9. The molecule has 10 aliphatic rings. The van der Waals surface area contributed by atoms with Crippen LogP contribution in [0.25, 0.3) is 54.8 Å². The molecule has 8 aliphatic heterocycles. The van der Waals surface area contributed by atoms with Crippen LogP contribution >= 0.6 is 0 Å². The zero-order valence-corrected chi connectivity index (χ0v) is 50.3. The minimum absolute atomic E-state index is 0.0163. The van der Waals surface area contributed by atoms with Crippen LogP contribution in [0, 0.1) is 22.7 Å². The molecule has 7 unspecified atom stereocenters. The number of hydrogen-bond acceptors (Lipinski definition) is 12. The fraction of sp³-hybridized carbons (Fsp3) is 0.583. The Hall–Kier alpha value is -5.10. The molecule has 2 aliphatic carbocycles. The fourth-order valence-corrected chi connectivity index (χ4v) is 20.1. The van der Waals surface area contributed by atoms with Gasteiger partial charge in [0.25, 0.3) is 0 Å². The maximum absolute atomic E-state index is 14.4. The lowest BCUT2D eigenvalue weighted by molar-refractivity contribution is -0.227. The van der Waals surface area contributed by atoms with Crippen LogP contribution in [0.15, 0.2) is 110 Å². The van der Waals surface area contributed by atoms with E-state index < -0.39 is 52.2 Å². The quantitative estimate of drug-likeness (QED) is 0.0909. The second-order valence-corrected chi connectivity index (χ2v) is 28.5. The second kappa shape index (κ2) is 22.1. The Balaban J connectivity index is 0.847. The Kier molecular flexibility index (Phi) is 14.5. The molecule has 2 aromatic carbocycles. The molecule has 16 atom stereocenters. The third-order valence-corrected chi connectivity index (χ3v) is 23.6. The first kappa shape index (κ1) is 56.2. The van der Waals surface area contributed by atoms with Gasteiger partial charge in [-0.05, 0) is 214 Å². The highest BCUT2D eigenvalue weighted by atomic mass is 16.5. The Labute approximate surface area is 506 Å². The van der Waals surface area contributed by atoms with Gasteiger partial charge in [0, 0.05) is 82.0 Å². The molecule has 6 N–H and O–H groups in total. The van der Waals surface area contributed by atoms with E-state index in [0.29, 0.717) is 71.1 Å². The standard InChI is InChI=1S/C72H90N8O6/c81-58-22-17-37-79-40-29-61(58)86-72-32-23-60(85-47-69-46-78-36-16-8-3-1-5-13-30-70(83,66(69)79)42-53(55(69)27-39-78)63-65-51(25-34-74-63)49-19-10-12-21-57(49)76-65)59(82)28-41-80(72)67-68(44-72)45-77-35-15-7-4-2-6-14-31-71(67,84)43-52(54(68)26-38-77)62-64-50(24-33-73-62)48-18-9-11-20-56(48)75-64/h1-2,5-6,9-12,18-21,24-25,33-34,42-43,54-55,58-61,66-67,75-76,81-84H,3-4,7-8,13-17,22-23,26-32,35-41,44-47H2/b5-1-,6-2+/t54-,55-,58?,59-,60+,61?,66?,67?,68-,69+,70-,71-,72+/m0/s1. The van der Waals surface area contributed by atoms with Gasteiger partial charge in [-0.15, -0.1) is 0 Å². The summed E-state index contributed by atoms with van der Waals surface area (Å²) in [5.41, 5.74) is 3.68. The molecule has 3 spiro atoms. The van der Waals surface area contributed by atoms with Gasteiger partial charge in [0.05, 0.1) is 76.7 Å². The van der Waals surface area contributed by atoms with Crippen LogP contribution in [-0.4, -0.2) is 179 Å². The molecule has 4 aromatic heterocycles. The van der Waals surface area contributed by atoms with Crippen molar-refractivity contribution in [1.29, 1.82) is 0 Å². The number of aliphatic hydroxyl groups is 4. The van der Waals surface area contributed by atoms with Crippen LogP contribution in [0.5, 0.6) is 0 Å². The van der Waals surface area contributed by atoms with Crippen molar-refractivity contribution in [2.24, 2.45) is 22.7 Å². The molecule has 10 bridgehead atoms. The molecule has 0 saturated carbocycles.